The normalized spacial score (nSPS) is 12.5. The van der Waals surface area contributed by atoms with Gasteiger partial charge in [0.1, 0.15) is 30.5 Å². The van der Waals surface area contributed by atoms with Crippen molar-refractivity contribution >= 4 is 29.6 Å². The molecule has 0 aliphatic carbocycles. The molecule has 0 unspecified atom stereocenters. The second-order valence-electron chi connectivity index (χ2n) is 10.9. The number of amides is 4. The van der Waals surface area contributed by atoms with Crippen molar-refractivity contribution in [1.29, 1.82) is 0 Å². The van der Waals surface area contributed by atoms with Crippen LogP contribution in [0.4, 0.5) is 0 Å². The first-order valence-corrected chi connectivity index (χ1v) is 15.5. The Morgan fingerprint density at radius 3 is 1.91 bits per heavy atom. The number of guanidine groups is 1. The summed E-state index contributed by atoms with van der Waals surface area (Å²) in [5.74, 6) is -1.98. The van der Waals surface area contributed by atoms with Gasteiger partial charge in [-0.25, -0.2) is 0 Å². The zero-order valence-corrected chi connectivity index (χ0v) is 26.3. The third-order valence-corrected chi connectivity index (χ3v) is 7.22. The van der Waals surface area contributed by atoms with Crippen molar-refractivity contribution in [1.82, 2.24) is 16.0 Å². The monoisotopic (exact) mass is 644 g/mol. The van der Waals surface area contributed by atoms with E-state index in [0.717, 1.165) is 5.56 Å². The third-order valence-electron chi connectivity index (χ3n) is 7.22. The number of ether oxygens (including phenoxy) is 1. The van der Waals surface area contributed by atoms with E-state index in [0.29, 0.717) is 55.7 Å². The second kappa shape index (κ2) is 19.2. The molecule has 3 aromatic carbocycles. The highest BCUT2D eigenvalue weighted by molar-refractivity contribution is 5.98. The van der Waals surface area contributed by atoms with Gasteiger partial charge < -0.3 is 43.6 Å². The van der Waals surface area contributed by atoms with Gasteiger partial charge in [-0.05, 0) is 74.0 Å². The summed E-state index contributed by atoms with van der Waals surface area (Å²) in [4.78, 5) is 56.5. The summed E-state index contributed by atoms with van der Waals surface area (Å²) >= 11 is 0. The molecule has 0 heterocycles. The molecular formula is C34H44N8O5. The number of primary amides is 1. The lowest BCUT2D eigenvalue weighted by atomic mass is 10.0. The number of aliphatic imine (C=N–C) groups is 1. The van der Waals surface area contributed by atoms with Crippen LogP contribution in [0.25, 0.3) is 0 Å². The number of benzene rings is 3. The fourth-order valence-electron chi connectivity index (χ4n) is 4.70. The van der Waals surface area contributed by atoms with Gasteiger partial charge in [0.2, 0.25) is 17.7 Å². The molecule has 250 valence electrons. The van der Waals surface area contributed by atoms with Crippen LogP contribution in [-0.4, -0.2) is 54.8 Å². The van der Waals surface area contributed by atoms with Crippen LogP contribution >= 0.6 is 0 Å². The van der Waals surface area contributed by atoms with Crippen molar-refractivity contribution < 1.29 is 23.9 Å². The van der Waals surface area contributed by atoms with Crippen LogP contribution in [0.15, 0.2) is 89.9 Å². The number of nitrogens with two attached hydrogens (primary N) is 4. The molecule has 0 saturated carbocycles. The third kappa shape index (κ3) is 12.5. The number of hydrogen-bond donors (Lipinski definition) is 7. The maximum atomic E-state index is 13.6. The summed E-state index contributed by atoms with van der Waals surface area (Å²) in [6, 6.07) is 21.5. The van der Waals surface area contributed by atoms with Gasteiger partial charge in [0.05, 0.1) is 0 Å². The number of hydrogen-bond acceptors (Lipinski definition) is 7. The highest BCUT2D eigenvalue weighted by atomic mass is 16.5. The van der Waals surface area contributed by atoms with Gasteiger partial charge >= 0.3 is 0 Å². The molecule has 0 aliphatic rings. The summed E-state index contributed by atoms with van der Waals surface area (Å²) in [6.45, 7) is 0.984. The Hall–Kier alpha value is -5.43. The van der Waals surface area contributed by atoms with E-state index in [2.05, 4.69) is 20.9 Å². The summed E-state index contributed by atoms with van der Waals surface area (Å²) in [5, 5.41) is 8.18. The fourth-order valence-corrected chi connectivity index (χ4v) is 4.70. The van der Waals surface area contributed by atoms with Gasteiger partial charge in [-0.3, -0.25) is 24.2 Å². The van der Waals surface area contributed by atoms with Crippen LogP contribution in [0.2, 0.25) is 0 Å². The molecule has 0 bridgehead atoms. The molecule has 13 nitrogen and oxygen atoms in total. The van der Waals surface area contributed by atoms with E-state index in [1.807, 2.05) is 30.3 Å². The van der Waals surface area contributed by atoms with Crippen LogP contribution in [-0.2, 0) is 21.0 Å². The van der Waals surface area contributed by atoms with Crippen LogP contribution in [0.1, 0.15) is 59.6 Å². The van der Waals surface area contributed by atoms with Crippen LogP contribution < -0.4 is 43.6 Å². The zero-order chi connectivity index (χ0) is 34.0. The molecule has 3 atom stereocenters. The van der Waals surface area contributed by atoms with Gasteiger partial charge in [-0.15, -0.1) is 0 Å². The molecule has 0 aliphatic heterocycles. The topological polar surface area (TPSA) is 230 Å². The largest absolute Gasteiger partial charge is 0.489 e. The standard InChI is InChI=1S/C34H44N8O5/c35-20-8-7-14-27(40-31(44)25-12-5-2-6-13-25)32(45)41-28(15-9-21-39-34(37)38)33(46)42-29(30(36)43)24-16-18-26(19-17-24)47-22-23-10-3-1-4-11-23/h1-6,10-13,16-19,27-29H,7-9,14-15,20-22,35H2,(H2,36,43)(H,40,44)(H,41,45)(H,42,46)(H4,37,38,39)/t27-,28-,29+/m0/s1. The molecule has 0 spiro atoms. The fraction of sp³-hybridized carbons (Fsp3) is 0.324. The van der Waals surface area contributed by atoms with E-state index >= 15 is 0 Å². The van der Waals surface area contributed by atoms with E-state index in [1.54, 1.807) is 54.6 Å². The van der Waals surface area contributed by atoms with Gasteiger partial charge in [0, 0.05) is 12.1 Å². The molecule has 47 heavy (non-hydrogen) atoms. The van der Waals surface area contributed by atoms with Crippen molar-refractivity contribution in [2.75, 3.05) is 13.1 Å². The number of carbonyl (C=O) groups excluding carboxylic acids is 4. The zero-order valence-electron chi connectivity index (χ0n) is 26.3. The maximum Gasteiger partial charge on any atom is 0.251 e. The molecule has 3 aromatic rings. The van der Waals surface area contributed by atoms with Crippen LogP contribution in [0.3, 0.4) is 0 Å². The Morgan fingerprint density at radius 2 is 1.30 bits per heavy atom. The Labute approximate surface area is 274 Å². The van der Waals surface area contributed by atoms with Gasteiger partial charge in [0.15, 0.2) is 5.96 Å². The van der Waals surface area contributed by atoms with Crippen LogP contribution in [0, 0.1) is 0 Å². The molecule has 0 aromatic heterocycles. The first-order chi connectivity index (χ1) is 22.7. The second-order valence-corrected chi connectivity index (χ2v) is 10.9. The molecule has 4 amide bonds. The predicted octanol–water partition coefficient (Wildman–Crippen LogP) is 1.37. The lowest BCUT2D eigenvalue weighted by Crippen LogP contribution is -2.54. The smallest absolute Gasteiger partial charge is 0.251 e. The highest BCUT2D eigenvalue weighted by Gasteiger charge is 2.29. The summed E-state index contributed by atoms with van der Waals surface area (Å²) in [7, 11) is 0. The Kier molecular flexibility index (Phi) is 14.7. The first-order valence-electron chi connectivity index (χ1n) is 15.5. The van der Waals surface area contributed by atoms with Crippen molar-refractivity contribution in [3.05, 3.63) is 102 Å². The molecule has 0 radical (unpaired) electrons. The number of carbonyl (C=O) groups is 4. The average Bonchev–Trinajstić information content (AvgIpc) is 3.07. The maximum absolute atomic E-state index is 13.6. The van der Waals surface area contributed by atoms with Crippen molar-refractivity contribution in [2.45, 2.75) is 56.8 Å². The molecule has 0 fully saturated rings. The van der Waals surface area contributed by atoms with E-state index < -0.39 is 41.8 Å². The molecule has 11 N–H and O–H groups in total. The minimum Gasteiger partial charge on any atom is -0.489 e. The number of unbranched alkanes of at least 4 members (excludes halogenated alkanes) is 1. The number of nitrogens with one attached hydrogen (secondary N) is 3. The highest BCUT2D eigenvalue weighted by Crippen LogP contribution is 2.20. The van der Waals surface area contributed by atoms with Crippen LogP contribution in [0.5, 0.6) is 5.75 Å². The quantitative estimate of drug-likeness (QED) is 0.0571. The lowest BCUT2D eigenvalue weighted by molar-refractivity contribution is -0.132. The molecule has 3 rings (SSSR count). The van der Waals surface area contributed by atoms with Gasteiger partial charge in [0.25, 0.3) is 5.91 Å². The molecule has 13 heteroatoms. The van der Waals surface area contributed by atoms with E-state index in [4.69, 9.17) is 27.7 Å². The van der Waals surface area contributed by atoms with Gasteiger partial charge in [-0.2, -0.15) is 0 Å². The lowest BCUT2D eigenvalue weighted by Gasteiger charge is -2.25. The number of rotatable bonds is 19. The molecular weight excluding hydrogens is 600 g/mol. The predicted molar refractivity (Wildman–Crippen MR) is 180 cm³/mol. The minimum absolute atomic E-state index is 0.108. The summed E-state index contributed by atoms with van der Waals surface area (Å²) in [5.41, 5.74) is 24.0. The van der Waals surface area contributed by atoms with Crippen molar-refractivity contribution in [3.63, 3.8) is 0 Å². The summed E-state index contributed by atoms with van der Waals surface area (Å²) < 4.78 is 5.82. The Balaban J connectivity index is 1.74. The van der Waals surface area contributed by atoms with E-state index in [1.165, 1.54) is 0 Å². The number of nitrogens with zero attached hydrogens (tertiary/aromatic N) is 1. The van der Waals surface area contributed by atoms with E-state index in [9.17, 15) is 19.2 Å². The Morgan fingerprint density at radius 1 is 0.702 bits per heavy atom. The minimum atomic E-state index is -1.19. The first kappa shape index (κ1) is 36.0. The molecule has 0 saturated heterocycles. The Bertz CT molecular complexity index is 1460. The summed E-state index contributed by atoms with van der Waals surface area (Å²) in [6.07, 6.45) is 1.98. The van der Waals surface area contributed by atoms with Crippen molar-refractivity contribution in [3.8, 4) is 5.75 Å². The SMILES string of the molecule is NCCCC[C@H](NC(=O)c1ccccc1)C(=O)N[C@@H](CCCN=C(N)N)C(=O)N[C@@H](C(N)=O)c1ccc(OCc2ccccc2)cc1. The van der Waals surface area contributed by atoms with Crippen molar-refractivity contribution in [2.24, 2.45) is 27.9 Å². The van der Waals surface area contributed by atoms with Gasteiger partial charge in [-0.1, -0.05) is 60.7 Å². The average molecular weight is 645 g/mol. The van der Waals surface area contributed by atoms with E-state index in [-0.39, 0.29) is 18.9 Å².